The van der Waals surface area contributed by atoms with Crippen LogP contribution in [0.3, 0.4) is 0 Å². The molecule has 1 rings (SSSR count). The number of amides is 1. The molecule has 0 aromatic heterocycles. The highest BCUT2D eigenvalue weighted by atomic mass is 16.5. The van der Waals surface area contributed by atoms with Gasteiger partial charge in [-0.15, -0.1) is 0 Å². The van der Waals surface area contributed by atoms with Gasteiger partial charge in [-0.1, -0.05) is 0 Å². The van der Waals surface area contributed by atoms with Crippen molar-refractivity contribution in [2.24, 2.45) is 0 Å². The van der Waals surface area contributed by atoms with Gasteiger partial charge in [-0.2, -0.15) is 0 Å². The number of hydrogen-bond acceptors (Lipinski definition) is 3. The lowest BCUT2D eigenvalue weighted by molar-refractivity contribution is -0.138. The van der Waals surface area contributed by atoms with Crippen molar-refractivity contribution in [1.82, 2.24) is 0 Å². The molecule has 0 bridgehead atoms. The summed E-state index contributed by atoms with van der Waals surface area (Å²) in [5.74, 6) is -0.509. The van der Waals surface area contributed by atoms with Crippen LogP contribution in [-0.2, 0) is 9.59 Å². The summed E-state index contributed by atoms with van der Waals surface area (Å²) >= 11 is 0. The van der Waals surface area contributed by atoms with Crippen LogP contribution in [0, 0.1) is 6.92 Å². The van der Waals surface area contributed by atoms with Crippen LogP contribution < -0.4 is 10.1 Å². The molecular weight excluding hydrogens is 246 g/mol. The molecule has 0 aliphatic carbocycles. The number of carbonyl (C=O) groups is 2. The Kier molecular flexibility index (Phi) is 5.36. The predicted molar refractivity (Wildman–Crippen MR) is 72.4 cm³/mol. The highest BCUT2D eigenvalue weighted by molar-refractivity contribution is 5.92. The summed E-state index contributed by atoms with van der Waals surface area (Å²) in [7, 11) is 0. The van der Waals surface area contributed by atoms with Gasteiger partial charge in [0.25, 0.3) is 0 Å². The molecule has 104 valence electrons. The number of benzene rings is 1. The fourth-order valence-electron chi connectivity index (χ4n) is 1.56. The number of carboxylic acid groups (broad SMARTS) is 1. The maximum atomic E-state index is 11.5. The van der Waals surface area contributed by atoms with Gasteiger partial charge in [0, 0.05) is 12.1 Å². The van der Waals surface area contributed by atoms with Crippen LogP contribution in [0.5, 0.6) is 5.75 Å². The fraction of sp³-hybridized carbons (Fsp3) is 0.429. The average Bonchev–Trinajstić information content (AvgIpc) is 2.29. The summed E-state index contributed by atoms with van der Waals surface area (Å²) in [5, 5.41) is 11.2. The molecule has 0 saturated heterocycles. The second-order valence-electron chi connectivity index (χ2n) is 4.59. The molecule has 19 heavy (non-hydrogen) atoms. The van der Waals surface area contributed by atoms with Gasteiger partial charge in [0.1, 0.15) is 5.75 Å². The summed E-state index contributed by atoms with van der Waals surface area (Å²) in [6.45, 7) is 5.78. The molecule has 0 aliphatic heterocycles. The van der Waals surface area contributed by atoms with Gasteiger partial charge in [-0.05, 0) is 44.5 Å². The normalized spacial score (nSPS) is 10.3. The Morgan fingerprint density at radius 3 is 2.53 bits per heavy atom. The topological polar surface area (TPSA) is 75.6 Å². The van der Waals surface area contributed by atoms with E-state index in [0.29, 0.717) is 5.69 Å². The first-order chi connectivity index (χ1) is 8.88. The third-order valence-electron chi connectivity index (χ3n) is 2.39. The summed E-state index contributed by atoms with van der Waals surface area (Å²) < 4.78 is 5.59. The predicted octanol–water partition coefficient (Wildman–Crippen LogP) is 2.59. The van der Waals surface area contributed by atoms with E-state index in [1.807, 2.05) is 20.8 Å². The minimum atomic E-state index is -0.980. The minimum absolute atomic E-state index is 0.0291. The van der Waals surface area contributed by atoms with Crippen LogP contribution in [0.15, 0.2) is 18.2 Å². The van der Waals surface area contributed by atoms with Crippen molar-refractivity contribution in [2.75, 3.05) is 5.32 Å². The second kappa shape index (κ2) is 6.78. The van der Waals surface area contributed by atoms with E-state index in [0.717, 1.165) is 11.3 Å². The molecule has 1 amide bonds. The minimum Gasteiger partial charge on any atom is -0.491 e. The summed E-state index contributed by atoms with van der Waals surface area (Å²) in [6, 6.07) is 5.34. The molecule has 0 spiro atoms. The SMILES string of the molecule is Cc1cc(NC(=O)CCC(=O)O)ccc1OC(C)C. The molecule has 0 fully saturated rings. The van der Waals surface area contributed by atoms with Crippen LogP contribution >= 0.6 is 0 Å². The number of carbonyl (C=O) groups excluding carboxylic acids is 1. The highest BCUT2D eigenvalue weighted by Gasteiger charge is 2.08. The Bertz CT molecular complexity index is 469. The number of carboxylic acids is 1. The van der Waals surface area contributed by atoms with Gasteiger partial charge in [0.05, 0.1) is 12.5 Å². The third kappa shape index (κ3) is 5.42. The number of aliphatic carboxylic acids is 1. The quantitative estimate of drug-likeness (QED) is 0.829. The van der Waals surface area contributed by atoms with E-state index < -0.39 is 5.97 Å². The summed E-state index contributed by atoms with van der Waals surface area (Å²) in [4.78, 5) is 21.8. The van der Waals surface area contributed by atoms with Crippen molar-refractivity contribution in [3.8, 4) is 5.75 Å². The van der Waals surface area contributed by atoms with E-state index >= 15 is 0 Å². The van der Waals surface area contributed by atoms with Crippen LogP contribution in [-0.4, -0.2) is 23.1 Å². The van der Waals surface area contributed by atoms with E-state index in [9.17, 15) is 9.59 Å². The van der Waals surface area contributed by atoms with Gasteiger partial charge in [0.2, 0.25) is 5.91 Å². The zero-order chi connectivity index (χ0) is 14.4. The number of anilines is 1. The first-order valence-corrected chi connectivity index (χ1v) is 6.17. The van der Waals surface area contributed by atoms with Gasteiger partial charge in [0.15, 0.2) is 0 Å². The monoisotopic (exact) mass is 265 g/mol. The van der Waals surface area contributed by atoms with E-state index in [4.69, 9.17) is 9.84 Å². The standard InChI is InChI=1S/C14H19NO4/c1-9(2)19-12-5-4-11(8-10(12)3)15-13(16)6-7-14(17)18/h4-5,8-9H,6-7H2,1-3H3,(H,15,16)(H,17,18). The van der Waals surface area contributed by atoms with E-state index in [2.05, 4.69) is 5.32 Å². The molecule has 0 aliphatic rings. The molecule has 0 unspecified atom stereocenters. The Morgan fingerprint density at radius 1 is 1.32 bits per heavy atom. The first-order valence-electron chi connectivity index (χ1n) is 6.17. The number of rotatable bonds is 6. The lowest BCUT2D eigenvalue weighted by Crippen LogP contribution is -2.13. The molecule has 2 N–H and O–H groups in total. The molecule has 0 atom stereocenters. The van der Waals surface area contributed by atoms with Gasteiger partial charge < -0.3 is 15.2 Å². The first kappa shape index (κ1) is 15.0. The highest BCUT2D eigenvalue weighted by Crippen LogP contribution is 2.23. The summed E-state index contributed by atoms with van der Waals surface area (Å²) in [6.07, 6.45) is -0.104. The summed E-state index contributed by atoms with van der Waals surface area (Å²) in [5.41, 5.74) is 1.56. The van der Waals surface area contributed by atoms with Gasteiger partial charge in [-0.25, -0.2) is 0 Å². The number of nitrogens with one attached hydrogen (secondary N) is 1. The largest absolute Gasteiger partial charge is 0.491 e. The fourth-order valence-corrected chi connectivity index (χ4v) is 1.56. The Labute approximate surface area is 112 Å². The zero-order valence-electron chi connectivity index (χ0n) is 11.4. The Balaban J connectivity index is 2.63. The molecule has 1 aromatic carbocycles. The zero-order valence-corrected chi connectivity index (χ0v) is 11.4. The molecule has 0 radical (unpaired) electrons. The maximum Gasteiger partial charge on any atom is 0.303 e. The van der Waals surface area contributed by atoms with Crippen LogP contribution in [0.2, 0.25) is 0 Å². The van der Waals surface area contributed by atoms with E-state index in [1.165, 1.54) is 0 Å². The number of ether oxygens (including phenoxy) is 1. The molecule has 0 saturated carbocycles. The molecule has 5 heteroatoms. The van der Waals surface area contributed by atoms with Crippen LogP contribution in [0.1, 0.15) is 32.3 Å². The van der Waals surface area contributed by atoms with E-state index in [1.54, 1.807) is 18.2 Å². The van der Waals surface area contributed by atoms with Crippen LogP contribution in [0.4, 0.5) is 5.69 Å². The van der Waals surface area contributed by atoms with Crippen molar-refractivity contribution >= 4 is 17.6 Å². The van der Waals surface area contributed by atoms with Crippen molar-refractivity contribution < 1.29 is 19.4 Å². The van der Waals surface area contributed by atoms with Gasteiger partial charge in [-0.3, -0.25) is 9.59 Å². The number of aryl methyl sites for hydroxylation is 1. The van der Waals surface area contributed by atoms with Gasteiger partial charge >= 0.3 is 5.97 Å². The third-order valence-corrected chi connectivity index (χ3v) is 2.39. The van der Waals surface area contributed by atoms with Crippen molar-refractivity contribution in [2.45, 2.75) is 39.7 Å². The molecule has 5 nitrogen and oxygen atoms in total. The van der Waals surface area contributed by atoms with Crippen molar-refractivity contribution in [1.29, 1.82) is 0 Å². The molecule has 1 aromatic rings. The van der Waals surface area contributed by atoms with Crippen molar-refractivity contribution in [3.63, 3.8) is 0 Å². The van der Waals surface area contributed by atoms with Crippen LogP contribution in [0.25, 0.3) is 0 Å². The smallest absolute Gasteiger partial charge is 0.303 e. The maximum absolute atomic E-state index is 11.5. The lowest BCUT2D eigenvalue weighted by atomic mass is 10.2. The second-order valence-corrected chi connectivity index (χ2v) is 4.59. The average molecular weight is 265 g/mol. The van der Waals surface area contributed by atoms with E-state index in [-0.39, 0.29) is 24.9 Å². The van der Waals surface area contributed by atoms with Crippen molar-refractivity contribution in [3.05, 3.63) is 23.8 Å². The molecular formula is C14H19NO4. The number of hydrogen-bond donors (Lipinski definition) is 2. The lowest BCUT2D eigenvalue weighted by Gasteiger charge is -2.13. The Hall–Kier alpha value is -2.04. The molecule has 0 heterocycles. The Morgan fingerprint density at radius 2 is 2.00 bits per heavy atom.